The summed E-state index contributed by atoms with van der Waals surface area (Å²) in [6.07, 6.45) is 1.90. The minimum absolute atomic E-state index is 0. The molecule has 1 aromatic carbocycles. The van der Waals surface area contributed by atoms with Gasteiger partial charge >= 0.3 is 0 Å². The van der Waals surface area contributed by atoms with Crippen LogP contribution in [0.5, 0.6) is 5.75 Å². The first-order chi connectivity index (χ1) is 15.6. The topological polar surface area (TPSA) is 70.5 Å². The van der Waals surface area contributed by atoms with Crippen LogP contribution in [-0.4, -0.2) is 91.8 Å². The monoisotopic (exact) mass is 565 g/mol. The fraction of sp³-hybridized carbons (Fsp3) is 0.500. The number of aromatic nitrogens is 1. The van der Waals surface area contributed by atoms with Gasteiger partial charge in [0.1, 0.15) is 11.6 Å². The molecule has 2 saturated heterocycles. The first-order valence-electron chi connectivity index (χ1n) is 11.6. The Hall–Kier alpha value is -2.27. The number of nitrogens with zero attached hydrogens (tertiary/aromatic N) is 6. The van der Waals surface area contributed by atoms with Gasteiger partial charge in [0.25, 0.3) is 0 Å². The van der Waals surface area contributed by atoms with Gasteiger partial charge in [0, 0.05) is 65.1 Å². The minimum Gasteiger partial charge on any atom is -0.506 e. The molecule has 0 radical (unpaired) electrons. The SMILES string of the molecule is CCNC(=NCc1ccnc(N2CCN(C)CC2)c1)N1CCN(c2ccccc2O)CC1.I. The summed E-state index contributed by atoms with van der Waals surface area (Å²) in [4.78, 5) is 18.8. The van der Waals surface area contributed by atoms with Crippen molar-refractivity contribution in [1.29, 1.82) is 0 Å². The Bertz CT molecular complexity index is 909. The van der Waals surface area contributed by atoms with Gasteiger partial charge in [-0.2, -0.15) is 0 Å². The lowest BCUT2D eigenvalue weighted by Gasteiger charge is -2.37. The number of nitrogens with one attached hydrogen (secondary N) is 1. The number of benzene rings is 1. The predicted octanol–water partition coefficient (Wildman–Crippen LogP) is 2.44. The molecule has 33 heavy (non-hydrogen) atoms. The summed E-state index contributed by atoms with van der Waals surface area (Å²) in [7, 11) is 2.17. The van der Waals surface area contributed by atoms with Crippen LogP contribution in [0, 0.1) is 0 Å². The summed E-state index contributed by atoms with van der Waals surface area (Å²) in [5.74, 6) is 2.34. The predicted molar refractivity (Wildman–Crippen MR) is 146 cm³/mol. The second kappa shape index (κ2) is 12.3. The number of phenols is 1. The van der Waals surface area contributed by atoms with Gasteiger partial charge in [-0.25, -0.2) is 9.98 Å². The third kappa shape index (κ3) is 6.63. The number of para-hydroxylation sites is 2. The van der Waals surface area contributed by atoms with Gasteiger partial charge < -0.3 is 30.0 Å². The highest BCUT2D eigenvalue weighted by molar-refractivity contribution is 14.0. The smallest absolute Gasteiger partial charge is 0.194 e. The first-order valence-corrected chi connectivity index (χ1v) is 11.6. The summed E-state index contributed by atoms with van der Waals surface area (Å²) < 4.78 is 0. The van der Waals surface area contributed by atoms with Crippen molar-refractivity contribution in [3.8, 4) is 5.75 Å². The standard InChI is InChI=1S/C24H35N7O.HI/c1-3-25-24(31-16-14-29(15-17-31)21-6-4-5-7-22(21)32)27-19-20-8-9-26-23(18-20)30-12-10-28(2)11-13-30;/h4-9,18,32H,3,10-17,19H2,1-2H3,(H,25,27);1H. The van der Waals surface area contributed by atoms with Gasteiger partial charge in [-0.05, 0) is 43.8 Å². The molecule has 0 amide bonds. The number of phenolic OH excluding ortho intramolecular Hbond substituents is 1. The lowest BCUT2D eigenvalue weighted by atomic mass is 10.2. The van der Waals surface area contributed by atoms with Crippen LogP contribution in [-0.2, 0) is 6.54 Å². The summed E-state index contributed by atoms with van der Waals surface area (Å²) >= 11 is 0. The van der Waals surface area contributed by atoms with E-state index in [2.05, 4.69) is 56.0 Å². The van der Waals surface area contributed by atoms with Gasteiger partial charge in [0.2, 0.25) is 0 Å². The molecule has 2 aliphatic rings. The molecule has 3 heterocycles. The van der Waals surface area contributed by atoms with Crippen molar-refractivity contribution in [2.75, 3.05) is 75.8 Å². The zero-order valence-electron chi connectivity index (χ0n) is 19.7. The Morgan fingerprint density at radius 3 is 2.39 bits per heavy atom. The number of guanidine groups is 1. The maximum absolute atomic E-state index is 10.2. The molecule has 4 rings (SSSR count). The molecule has 0 aliphatic carbocycles. The van der Waals surface area contributed by atoms with Crippen LogP contribution in [0.1, 0.15) is 12.5 Å². The number of hydrogen-bond donors (Lipinski definition) is 2. The Balaban J connectivity index is 0.00000306. The second-order valence-corrected chi connectivity index (χ2v) is 8.45. The van der Waals surface area contributed by atoms with Crippen LogP contribution in [0.3, 0.4) is 0 Å². The van der Waals surface area contributed by atoms with Crippen molar-refractivity contribution in [2.24, 2.45) is 4.99 Å². The number of aromatic hydroxyl groups is 1. The van der Waals surface area contributed by atoms with Crippen LogP contribution in [0.4, 0.5) is 11.5 Å². The van der Waals surface area contributed by atoms with E-state index in [9.17, 15) is 5.11 Å². The number of piperazine rings is 2. The lowest BCUT2D eigenvalue weighted by molar-refractivity contribution is 0.312. The summed E-state index contributed by atoms with van der Waals surface area (Å²) in [6, 6.07) is 11.8. The Morgan fingerprint density at radius 1 is 1.00 bits per heavy atom. The Labute approximate surface area is 214 Å². The maximum atomic E-state index is 10.2. The van der Waals surface area contributed by atoms with Gasteiger partial charge in [0.15, 0.2) is 5.96 Å². The molecule has 2 fully saturated rings. The van der Waals surface area contributed by atoms with E-state index in [1.165, 1.54) is 5.56 Å². The van der Waals surface area contributed by atoms with Crippen molar-refractivity contribution in [3.63, 3.8) is 0 Å². The molecular weight excluding hydrogens is 529 g/mol. The number of likely N-dealkylation sites (N-methyl/N-ethyl adjacent to an activating group) is 1. The summed E-state index contributed by atoms with van der Waals surface area (Å²) in [5.41, 5.74) is 2.08. The summed E-state index contributed by atoms with van der Waals surface area (Å²) in [6.45, 7) is 11.2. The molecule has 8 nitrogen and oxygen atoms in total. The van der Waals surface area contributed by atoms with Crippen molar-refractivity contribution >= 4 is 41.4 Å². The fourth-order valence-electron chi connectivity index (χ4n) is 4.25. The van der Waals surface area contributed by atoms with Gasteiger partial charge in [-0.1, -0.05) is 12.1 Å². The quantitative estimate of drug-likeness (QED) is 0.328. The third-order valence-electron chi connectivity index (χ3n) is 6.19. The number of halogens is 1. The highest BCUT2D eigenvalue weighted by Gasteiger charge is 2.21. The van der Waals surface area contributed by atoms with Crippen LogP contribution in [0.25, 0.3) is 0 Å². The molecule has 1 aromatic heterocycles. The molecular formula is C24H36IN7O. The largest absolute Gasteiger partial charge is 0.506 e. The van der Waals surface area contributed by atoms with Gasteiger partial charge in [-0.3, -0.25) is 0 Å². The second-order valence-electron chi connectivity index (χ2n) is 8.45. The zero-order valence-corrected chi connectivity index (χ0v) is 22.0. The van der Waals surface area contributed by atoms with E-state index < -0.39 is 0 Å². The maximum Gasteiger partial charge on any atom is 0.194 e. The molecule has 0 spiro atoms. The van der Waals surface area contributed by atoms with E-state index in [1.54, 1.807) is 6.07 Å². The average Bonchev–Trinajstić information content (AvgIpc) is 2.83. The average molecular weight is 566 g/mol. The fourth-order valence-corrected chi connectivity index (χ4v) is 4.25. The molecule has 0 saturated carbocycles. The van der Waals surface area contributed by atoms with Crippen LogP contribution in [0.2, 0.25) is 0 Å². The number of aliphatic imine (C=N–C) groups is 1. The van der Waals surface area contributed by atoms with Crippen LogP contribution in [0.15, 0.2) is 47.6 Å². The van der Waals surface area contributed by atoms with Crippen LogP contribution < -0.4 is 15.1 Å². The van der Waals surface area contributed by atoms with E-state index in [-0.39, 0.29) is 24.0 Å². The van der Waals surface area contributed by atoms with E-state index in [1.807, 2.05) is 24.4 Å². The molecule has 2 aromatic rings. The third-order valence-corrected chi connectivity index (χ3v) is 6.19. The number of rotatable bonds is 5. The normalized spacial score (nSPS) is 17.6. The highest BCUT2D eigenvalue weighted by Crippen LogP contribution is 2.27. The van der Waals surface area contributed by atoms with Crippen molar-refractivity contribution in [3.05, 3.63) is 48.2 Å². The highest BCUT2D eigenvalue weighted by atomic mass is 127. The zero-order chi connectivity index (χ0) is 22.3. The lowest BCUT2D eigenvalue weighted by Crippen LogP contribution is -2.52. The number of pyridine rings is 1. The molecule has 0 atom stereocenters. The van der Waals surface area contributed by atoms with Crippen molar-refractivity contribution < 1.29 is 5.11 Å². The summed E-state index contributed by atoms with van der Waals surface area (Å²) in [5, 5.41) is 13.6. The Morgan fingerprint density at radius 2 is 1.70 bits per heavy atom. The molecule has 0 unspecified atom stereocenters. The van der Waals surface area contributed by atoms with Gasteiger partial charge in [0.05, 0.1) is 12.2 Å². The minimum atomic E-state index is 0. The van der Waals surface area contributed by atoms with Crippen molar-refractivity contribution in [1.82, 2.24) is 20.1 Å². The van der Waals surface area contributed by atoms with Crippen molar-refractivity contribution in [2.45, 2.75) is 13.5 Å². The van der Waals surface area contributed by atoms with E-state index in [0.717, 1.165) is 76.4 Å². The Kier molecular flexibility index (Phi) is 9.42. The molecule has 0 bridgehead atoms. The number of hydrogen-bond acceptors (Lipinski definition) is 6. The molecule has 2 aliphatic heterocycles. The first kappa shape index (κ1) is 25.4. The number of anilines is 2. The molecule has 9 heteroatoms. The molecule has 180 valence electrons. The van der Waals surface area contributed by atoms with Gasteiger partial charge in [-0.15, -0.1) is 24.0 Å². The van der Waals surface area contributed by atoms with E-state index in [4.69, 9.17) is 4.99 Å². The van der Waals surface area contributed by atoms with E-state index in [0.29, 0.717) is 12.3 Å². The van der Waals surface area contributed by atoms with E-state index >= 15 is 0 Å². The molecule has 2 N–H and O–H groups in total. The van der Waals surface area contributed by atoms with Crippen LogP contribution >= 0.6 is 24.0 Å².